The van der Waals surface area contributed by atoms with E-state index in [-0.39, 0.29) is 18.4 Å². The lowest BCUT2D eigenvalue weighted by molar-refractivity contribution is 0.0617. The van der Waals surface area contributed by atoms with E-state index in [0.29, 0.717) is 31.1 Å². The number of ether oxygens (including phenoxy) is 2. The summed E-state index contributed by atoms with van der Waals surface area (Å²) in [7, 11) is 1.62. The van der Waals surface area contributed by atoms with E-state index in [4.69, 9.17) is 9.47 Å². The fourth-order valence-electron chi connectivity index (χ4n) is 2.08. The zero-order valence-electron chi connectivity index (χ0n) is 13.5. The summed E-state index contributed by atoms with van der Waals surface area (Å²) in [6.07, 6.45) is 0. The number of methoxy groups -OCH3 is 1. The van der Waals surface area contributed by atoms with Crippen LogP contribution >= 0.6 is 0 Å². The van der Waals surface area contributed by atoms with Crippen molar-refractivity contribution in [2.45, 2.75) is 13.2 Å². The molecule has 24 heavy (non-hydrogen) atoms. The van der Waals surface area contributed by atoms with Gasteiger partial charge in [0.1, 0.15) is 5.82 Å². The third-order valence-corrected chi connectivity index (χ3v) is 3.23. The van der Waals surface area contributed by atoms with E-state index in [2.05, 4.69) is 10.6 Å². The molecule has 6 heteroatoms. The standard InChI is InChI=1S/C18H21FN2O3/c1-23-8-9-24-13-15-5-3-7-17(11-15)21-18(22)20-12-14-4-2-6-16(19)10-14/h2-7,10-11H,8-9,12-13H2,1H3,(H2,20,21,22). The maximum atomic E-state index is 13.1. The molecule has 2 aromatic rings. The Morgan fingerprint density at radius 2 is 1.88 bits per heavy atom. The number of hydrogen-bond donors (Lipinski definition) is 2. The summed E-state index contributed by atoms with van der Waals surface area (Å²) in [4.78, 5) is 11.9. The predicted molar refractivity (Wildman–Crippen MR) is 90.2 cm³/mol. The van der Waals surface area contributed by atoms with Gasteiger partial charge in [0.15, 0.2) is 0 Å². The van der Waals surface area contributed by atoms with E-state index in [1.165, 1.54) is 12.1 Å². The van der Waals surface area contributed by atoms with Crippen LogP contribution in [0.15, 0.2) is 48.5 Å². The fourth-order valence-corrected chi connectivity index (χ4v) is 2.08. The Labute approximate surface area is 140 Å². The molecule has 0 aliphatic rings. The molecule has 0 bridgehead atoms. The van der Waals surface area contributed by atoms with Crippen LogP contribution in [0.1, 0.15) is 11.1 Å². The molecule has 0 atom stereocenters. The molecule has 0 unspecified atom stereocenters. The van der Waals surface area contributed by atoms with Gasteiger partial charge in [-0.2, -0.15) is 0 Å². The number of benzene rings is 2. The summed E-state index contributed by atoms with van der Waals surface area (Å²) < 4.78 is 23.4. The van der Waals surface area contributed by atoms with E-state index in [1.54, 1.807) is 25.3 Å². The maximum Gasteiger partial charge on any atom is 0.319 e. The summed E-state index contributed by atoms with van der Waals surface area (Å²) in [6.45, 7) is 1.76. The SMILES string of the molecule is COCCOCc1cccc(NC(=O)NCc2cccc(F)c2)c1. The molecule has 2 amide bonds. The Morgan fingerprint density at radius 1 is 1.08 bits per heavy atom. The number of nitrogens with one attached hydrogen (secondary N) is 2. The number of halogens is 1. The minimum Gasteiger partial charge on any atom is -0.382 e. The van der Waals surface area contributed by atoms with Crippen molar-refractivity contribution in [2.75, 3.05) is 25.6 Å². The van der Waals surface area contributed by atoms with Crippen molar-refractivity contribution in [3.63, 3.8) is 0 Å². The average Bonchev–Trinajstić information content (AvgIpc) is 2.57. The minimum atomic E-state index is -0.350. The average molecular weight is 332 g/mol. The fraction of sp³-hybridized carbons (Fsp3) is 0.278. The number of amides is 2. The molecule has 0 heterocycles. The number of rotatable bonds is 8. The van der Waals surface area contributed by atoms with Crippen LogP contribution in [0.25, 0.3) is 0 Å². The van der Waals surface area contributed by atoms with E-state index >= 15 is 0 Å². The Hall–Kier alpha value is -2.44. The van der Waals surface area contributed by atoms with Crippen molar-refractivity contribution in [1.82, 2.24) is 5.32 Å². The highest BCUT2D eigenvalue weighted by atomic mass is 19.1. The highest BCUT2D eigenvalue weighted by molar-refractivity contribution is 5.89. The third-order valence-electron chi connectivity index (χ3n) is 3.23. The first-order valence-electron chi connectivity index (χ1n) is 7.62. The number of carbonyl (C=O) groups excluding carboxylic acids is 1. The van der Waals surface area contributed by atoms with Gasteiger partial charge in [-0.15, -0.1) is 0 Å². The first-order chi connectivity index (χ1) is 11.7. The zero-order chi connectivity index (χ0) is 17.2. The van der Waals surface area contributed by atoms with Gasteiger partial charge in [-0.3, -0.25) is 0 Å². The van der Waals surface area contributed by atoms with Crippen LogP contribution in [0.2, 0.25) is 0 Å². The first-order valence-corrected chi connectivity index (χ1v) is 7.62. The molecule has 0 aliphatic heterocycles. The third kappa shape index (κ3) is 6.36. The van der Waals surface area contributed by atoms with Gasteiger partial charge in [-0.1, -0.05) is 24.3 Å². The lowest BCUT2D eigenvalue weighted by Crippen LogP contribution is -2.28. The minimum absolute atomic E-state index is 0.253. The molecule has 2 N–H and O–H groups in total. The van der Waals surface area contributed by atoms with Gasteiger partial charge in [-0.25, -0.2) is 9.18 Å². The lowest BCUT2D eigenvalue weighted by Gasteiger charge is -2.09. The summed E-state index contributed by atoms with van der Waals surface area (Å²) in [5.41, 5.74) is 2.32. The molecule has 0 aliphatic carbocycles. The van der Waals surface area contributed by atoms with Crippen molar-refractivity contribution < 1.29 is 18.7 Å². The second-order valence-electron chi connectivity index (χ2n) is 5.18. The molecule has 0 saturated heterocycles. The van der Waals surface area contributed by atoms with Crippen LogP contribution in [0, 0.1) is 5.82 Å². The van der Waals surface area contributed by atoms with Gasteiger partial charge in [0.05, 0.1) is 19.8 Å². The number of urea groups is 1. The molecule has 0 saturated carbocycles. The zero-order valence-corrected chi connectivity index (χ0v) is 13.5. The van der Waals surface area contributed by atoms with Gasteiger partial charge >= 0.3 is 6.03 Å². The highest BCUT2D eigenvalue weighted by Crippen LogP contribution is 2.11. The first kappa shape index (κ1) is 17.9. The van der Waals surface area contributed by atoms with Crippen molar-refractivity contribution in [3.05, 3.63) is 65.5 Å². The van der Waals surface area contributed by atoms with Crippen molar-refractivity contribution in [3.8, 4) is 0 Å². The largest absolute Gasteiger partial charge is 0.382 e. The molecule has 0 aromatic heterocycles. The van der Waals surface area contributed by atoms with Gasteiger partial charge in [0, 0.05) is 19.3 Å². The van der Waals surface area contributed by atoms with Crippen LogP contribution in [0.3, 0.4) is 0 Å². The van der Waals surface area contributed by atoms with Crippen LogP contribution < -0.4 is 10.6 Å². The van der Waals surface area contributed by atoms with Gasteiger partial charge in [0.25, 0.3) is 0 Å². The number of carbonyl (C=O) groups is 1. The molecule has 0 fully saturated rings. The summed E-state index contributed by atoms with van der Waals surface area (Å²) in [5, 5.41) is 5.43. The number of anilines is 1. The van der Waals surface area contributed by atoms with E-state index in [9.17, 15) is 9.18 Å². The van der Waals surface area contributed by atoms with Gasteiger partial charge in [0.2, 0.25) is 0 Å². The molecule has 2 aromatic carbocycles. The second-order valence-corrected chi connectivity index (χ2v) is 5.18. The molecule has 2 rings (SSSR count). The van der Waals surface area contributed by atoms with Crippen LogP contribution in [0.4, 0.5) is 14.9 Å². The second kappa shape index (κ2) is 9.64. The van der Waals surface area contributed by atoms with Gasteiger partial charge < -0.3 is 20.1 Å². The van der Waals surface area contributed by atoms with E-state index in [0.717, 1.165) is 5.56 Å². The molecular weight excluding hydrogens is 311 g/mol. The molecule has 5 nitrogen and oxygen atoms in total. The molecular formula is C18H21FN2O3. The Morgan fingerprint density at radius 3 is 2.67 bits per heavy atom. The van der Waals surface area contributed by atoms with Crippen LogP contribution in [-0.2, 0) is 22.6 Å². The van der Waals surface area contributed by atoms with Crippen molar-refractivity contribution >= 4 is 11.7 Å². The monoisotopic (exact) mass is 332 g/mol. The van der Waals surface area contributed by atoms with Crippen molar-refractivity contribution in [2.24, 2.45) is 0 Å². The highest BCUT2D eigenvalue weighted by Gasteiger charge is 2.03. The van der Waals surface area contributed by atoms with Crippen LogP contribution in [-0.4, -0.2) is 26.4 Å². The summed E-state index contributed by atoms with van der Waals surface area (Å²) >= 11 is 0. The summed E-state index contributed by atoms with van der Waals surface area (Å²) in [5.74, 6) is -0.323. The van der Waals surface area contributed by atoms with E-state index < -0.39 is 0 Å². The smallest absolute Gasteiger partial charge is 0.319 e. The lowest BCUT2D eigenvalue weighted by atomic mass is 10.2. The summed E-state index contributed by atoms with van der Waals surface area (Å²) in [6, 6.07) is 13.2. The Kier molecular flexibility index (Phi) is 7.20. The maximum absolute atomic E-state index is 13.1. The predicted octanol–water partition coefficient (Wildman–Crippen LogP) is 3.31. The van der Waals surface area contributed by atoms with Crippen LogP contribution in [0.5, 0.6) is 0 Å². The quantitative estimate of drug-likeness (QED) is 0.729. The Bertz CT molecular complexity index is 664. The molecule has 0 spiro atoms. The Balaban J connectivity index is 1.80. The van der Waals surface area contributed by atoms with Crippen molar-refractivity contribution in [1.29, 1.82) is 0 Å². The number of hydrogen-bond acceptors (Lipinski definition) is 3. The van der Waals surface area contributed by atoms with E-state index in [1.807, 2.05) is 18.2 Å². The molecule has 0 radical (unpaired) electrons. The normalized spacial score (nSPS) is 10.4. The topological polar surface area (TPSA) is 59.6 Å². The molecule has 128 valence electrons. The van der Waals surface area contributed by atoms with Gasteiger partial charge in [-0.05, 0) is 35.4 Å².